The van der Waals surface area contributed by atoms with Crippen molar-refractivity contribution in [3.63, 3.8) is 0 Å². The number of thiol groups is 1. The molecule has 0 aromatic carbocycles. The molecule has 2 N–H and O–H groups in total. The summed E-state index contributed by atoms with van der Waals surface area (Å²) in [6.45, 7) is 3.54. The SMILES string of the molecule is C=CCC(N)=CCS. The van der Waals surface area contributed by atoms with E-state index in [1.807, 2.05) is 6.08 Å². The second-order valence-corrected chi connectivity index (χ2v) is 1.82. The van der Waals surface area contributed by atoms with E-state index >= 15 is 0 Å². The van der Waals surface area contributed by atoms with Crippen molar-refractivity contribution >= 4 is 12.6 Å². The Bertz CT molecular complexity index is 96.7. The largest absolute Gasteiger partial charge is 0.402 e. The molecule has 0 aromatic rings. The van der Waals surface area contributed by atoms with E-state index in [9.17, 15) is 0 Å². The van der Waals surface area contributed by atoms with Gasteiger partial charge in [-0.25, -0.2) is 0 Å². The number of hydrogen-bond acceptors (Lipinski definition) is 2. The standard InChI is InChI=1S/C6H11NS/c1-2-3-6(7)4-5-8/h2,4,8H,1,3,5,7H2. The molecule has 0 rings (SSSR count). The molecular formula is C6H11NS. The quantitative estimate of drug-likeness (QED) is 0.436. The molecule has 0 atom stereocenters. The van der Waals surface area contributed by atoms with Gasteiger partial charge in [-0.2, -0.15) is 12.6 Å². The Kier molecular flexibility index (Phi) is 4.56. The van der Waals surface area contributed by atoms with Crippen molar-refractivity contribution in [2.75, 3.05) is 5.75 Å². The molecule has 2 heteroatoms. The van der Waals surface area contributed by atoms with Crippen LogP contribution in [0.2, 0.25) is 0 Å². The summed E-state index contributed by atoms with van der Waals surface area (Å²) in [6, 6.07) is 0. The van der Waals surface area contributed by atoms with E-state index in [1.165, 1.54) is 0 Å². The van der Waals surface area contributed by atoms with E-state index in [0.29, 0.717) is 5.75 Å². The average molecular weight is 129 g/mol. The van der Waals surface area contributed by atoms with E-state index < -0.39 is 0 Å². The summed E-state index contributed by atoms with van der Waals surface area (Å²) in [5.41, 5.74) is 6.28. The van der Waals surface area contributed by atoms with Gasteiger partial charge in [-0.1, -0.05) is 12.2 Å². The predicted molar refractivity (Wildman–Crippen MR) is 40.9 cm³/mol. The van der Waals surface area contributed by atoms with E-state index in [4.69, 9.17) is 5.73 Å². The van der Waals surface area contributed by atoms with Gasteiger partial charge in [-0.3, -0.25) is 0 Å². The van der Waals surface area contributed by atoms with Gasteiger partial charge in [0.25, 0.3) is 0 Å². The van der Waals surface area contributed by atoms with Gasteiger partial charge >= 0.3 is 0 Å². The minimum absolute atomic E-state index is 0.708. The zero-order chi connectivity index (χ0) is 6.41. The van der Waals surface area contributed by atoms with Crippen LogP contribution in [0.3, 0.4) is 0 Å². The van der Waals surface area contributed by atoms with Crippen LogP contribution in [0, 0.1) is 0 Å². The highest BCUT2D eigenvalue weighted by atomic mass is 32.1. The minimum atomic E-state index is 0.708. The first kappa shape index (κ1) is 7.63. The Morgan fingerprint density at radius 2 is 2.38 bits per heavy atom. The second kappa shape index (κ2) is 4.78. The van der Waals surface area contributed by atoms with Crippen LogP contribution in [0.1, 0.15) is 6.42 Å². The Labute approximate surface area is 55.7 Å². The average Bonchev–Trinajstić information content (AvgIpc) is 1.68. The third-order valence-electron chi connectivity index (χ3n) is 0.734. The maximum atomic E-state index is 5.44. The summed E-state index contributed by atoms with van der Waals surface area (Å²) in [5, 5.41) is 0. The van der Waals surface area contributed by atoms with E-state index in [1.54, 1.807) is 6.08 Å². The fraction of sp³-hybridized carbons (Fsp3) is 0.333. The zero-order valence-electron chi connectivity index (χ0n) is 4.80. The summed E-state index contributed by atoms with van der Waals surface area (Å²) >= 11 is 3.96. The number of allylic oxidation sites excluding steroid dienone is 1. The van der Waals surface area contributed by atoms with Crippen molar-refractivity contribution in [3.8, 4) is 0 Å². The molecule has 1 nitrogen and oxygen atoms in total. The highest BCUT2D eigenvalue weighted by Gasteiger charge is 1.80. The molecule has 0 saturated carbocycles. The van der Waals surface area contributed by atoms with Crippen molar-refractivity contribution in [2.24, 2.45) is 5.73 Å². The van der Waals surface area contributed by atoms with E-state index in [0.717, 1.165) is 12.1 Å². The number of nitrogens with two attached hydrogens (primary N) is 1. The van der Waals surface area contributed by atoms with Crippen molar-refractivity contribution in [1.29, 1.82) is 0 Å². The van der Waals surface area contributed by atoms with Crippen LogP contribution < -0.4 is 5.73 Å². The number of hydrogen-bond donors (Lipinski definition) is 2. The van der Waals surface area contributed by atoms with Gasteiger partial charge in [0.05, 0.1) is 0 Å². The monoisotopic (exact) mass is 129 g/mol. The molecular weight excluding hydrogens is 118 g/mol. The van der Waals surface area contributed by atoms with Crippen LogP contribution in [0.15, 0.2) is 24.4 Å². The molecule has 0 aliphatic heterocycles. The van der Waals surface area contributed by atoms with Crippen LogP contribution in [0.5, 0.6) is 0 Å². The molecule has 0 amide bonds. The summed E-state index contributed by atoms with van der Waals surface area (Å²) in [6.07, 6.45) is 4.40. The van der Waals surface area contributed by atoms with Crippen LogP contribution in [-0.4, -0.2) is 5.75 Å². The lowest BCUT2D eigenvalue weighted by molar-refractivity contribution is 1.16. The molecule has 0 heterocycles. The summed E-state index contributed by atoms with van der Waals surface area (Å²) < 4.78 is 0. The first-order chi connectivity index (χ1) is 3.81. The Balaban J connectivity index is 3.44. The minimum Gasteiger partial charge on any atom is -0.402 e. The van der Waals surface area contributed by atoms with E-state index in [2.05, 4.69) is 19.2 Å². The summed E-state index contributed by atoms with van der Waals surface area (Å²) in [4.78, 5) is 0. The topological polar surface area (TPSA) is 26.0 Å². The maximum Gasteiger partial charge on any atom is 0.0103 e. The molecule has 0 aliphatic rings. The highest BCUT2D eigenvalue weighted by Crippen LogP contribution is 1.92. The molecule has 0 spiro atoms. The predicted octanol–water partition coefficient (Wildman–Crippen LogP) is 1.33. The third-order valence-corrected chi connectivity index (χ3v) is 0.916. The Morgan fingerprint density at radius 3 is 2.75 bits per heavy atom. The maximum absolute atomic E-state index is 5.44. The summed E-state index contributed by atoms with van der Waals surface area (Å²) in [7, 11) is 0. The van der Waals surface area contributed by atoms with Gasteiger partial charge in [0.1, 0.15) is 0 Å². The van der Waals surface area contributed by atoms with Crippen molar-refractivity contribution in [3.05, 3.63) is 24.4 Å². The van der Waals surface area contributed by atoms with Gasteiger partial charge in [-0.15, -0.1) is 6.58 Å². The Hall–Kier alpha value is -0.370. The van der Waals surface area contributed by atoms with Crippen LogP contribution >= 0.6 is 12.6 Å². The molecule has 0 saturated heterocycles. The Morgan fingerprint density at radius 1 is 1.75 bits per heavy atom. The normalized spacial score (nSPS) is 11.4. The molecule has 0 unspecified atom stereocenters. The van der Waals surface area contributed by atoms with E-state index in [-0.39, 0.29) is 0 Å². The molecule has 0 bridgehead atoms. The first-order valence-electron chi connectivity index (χ1n) is 2.47. The lowest BCUT2D eigenvalue weighted by Gasteiger charge is -1.90. The number of rotatable bonds is 3. The molecule has 46 valence electrons. The van der Waals surface area contributed by atoms with Crippen molar-refractivity contribution < 1.29 is 0 Å². The highest BCUT2D eigenvalue weighted by molar-refractivity contribution is 7.80. The van der Waals surface area contributed by atoms with Gasteiger partial charge in [-0.05, 0) is 0 Å². The van der Waals surface area contributed by atoms with Crippen LogP contribution in [-0.2, 0) is 0 Å². The van der Waals surface area contributed by atoms with Crippen molar-refractivity contribution in [2.45, 2.75) is 6.42 Å². The molecule has 0 radical (unpaired) electrons. The molecule has 8 heavy (non-hydrogen) atoms. The van der Waals surface area contributed by atoms with Gasteiger partial charge in [0.15, 0.2) is 0 Å². The van der Waals surface area contributed by atoms with Gasteiger partial charge in [0, 0.05) is 17.9 Å². The summed E-state index contributed by atoms with van der Waals surface area (Å²) in [5.74, 6) is 0.708. The third kappa shape index (κ3) is 3.81. The fourth-order valence-electron chi connectivity index (χ4n) is 0.367. The molecule has 0 aliphatic carbocycles. The zero-order valence-corrected chi connectivity index (χ0v) is 5.70. The van der Waals surface area contributed by atoms with Crippen LogP contribution in [0.25, 0.3) is 0 Å². The van der Waals surface area contributed by atoms with Gasteiger partial charge < -0.3 is 5.73 Å². The lowest BCUT2D eigenvalue weighted by atomic mass is 10.3. The smallest absolute Gasteiger partial charge is 0.0103 e. The lowest BCUT2D eigenvalue weighted by Crippen LogP contribution is -1.94. The second-order valence-electron chi connectivity index (χ2n) is 1.45. The molecule has 0 fully saturated rings. The van der Waals surface area contributed by atoms with Crippen LogP contribution in [0.4, 0.5) is 0 Å². The van der Waals surface area contributed by atoms with Crippen molar-refractivity contribution in [1.82, 2.24) is 0 Å². The molecule has 0 aromatic heterocycles. The first-order valence-corrected chi connectivity index (χ1v) is 3.10. The van der Waals surface area contributed by atoms with Gasteiger partial charge in [0.2, 0.25) is 0 Å². The fourth-order valence-corrected chi connectivity index (χ4v) is 0.602.